The lowest BCUT2D eigenvalue weighted by Gasteiger charge is -2.18. The highest BCUT2D eigenvalue weighted by Gasteiger charge is 2.20. The van der Waals surface area contributed by atoms with Crippen LogP contribution in [0.3, 0.4) is 0 Å². The van der Waals surface area contributed by atoms with Crippen LogP contribution in [0.15, 0.2) is 78.9 Å². The Morgan fingerprint density at radius 1 is 0.727 bits per heavy atom. The van der Waals surface area contributed by atoms with Gasteiger partial charge in [0.25, 0.3) is 0 Å². The highest BCUT2D eigenvalue weighted by Crippen LogP contribution is 2.21. The molecule has 0 aliphatic rings. The normalized spacial score (nSPS) is 11.7. The number of benzene rings is 3. The molecule has 0 aromatic heterocycles. The minimum Gasteiger partial charge on any atom is -0.545 e. The van der Waals surface area contributed by atoms with Gasteiger partial charge in [-0.3, -0.25) is 0 Å². The highest BCUT2D eigenvalue weighted by atomic mass is 127. The van der Waals surface area contributed by atoms with E-state index >= 15 is 0 Å². The van der Waals surface area contributed by atoms with Crippen molar-refractivity contribution >= 4 is 34.6 Å². The zero-order chi connectivity index (χ0) is 24.6. The number of hydrogen-bond acceptors (Lipinski definition) is 2. The summed E-state index contributed by atoms with van der Waals surface area (Å²) in [5.41, 5.74) is 4.17. The molecule has 0 saturated carbocycles. The highest BCUT2D eigenvalue weighted by molar-refractivity contribution is 14.1. The van der Waals surface area contributed by atoms with Gasteiger partial charge < -0.3 is 9.90 Å². The number of hydrogen-bond donors (Lipinski definition) is 0. The first-order chi connectivity index (χ1) is 15.3. The summed E-state index contributed by atoms with van der Waals surface area (Å²) in [6, 6.07) is 25.9. The van der Waals surface area contributed by atoms with Gasteiger partial charge in [0, 0.05) is 3.57 Å². The molecule has 0 spiro atoms. The van der Waals surface area contributed by atoms with Crippen molar-refractivity contribution in [2.75, 3.05) is 0 Å². The molecule has 0 heterocycles. The molecule has 0 amide bonds. The zero-order valence-electron chi connectivity index (χ0n) is 20.2. The SMILES string of the molecule is CC(C)(C)c1ccc([I+]c2ccc(C(C)(C)C)cc2)cc1.O=C([O-])/C=C/c1ccc(I)cc1. The van der Waals surface area contributed by atoms with Crippen LogP contribution in [-0.2, 0) is 15.6 Å². The summed E-state index contributed by atoms with van der Waals surface area (Å²) in [5, 5.41) is 10.0. The minimum atomic E-state index is -1.17. The van der Waals surface area contributed by atoms with Crippen LogP contribution in [0.1, 0.15) is 58.2 Å². The fraction of sp³-hybridized carbons (Fsp3) is 0.276. The van der Waals surface area contributed by atoms with E-state index in [2.05, 4.69) is 113 Å². The largest absolute Gasteiger partial charge is 0.545 e. The molecule has 0 N–H and O–H groups in total. The van der Waals surface area contributed by atoms with Gasteiger partial charge in [0.05, 0.1) is 5.97 Å². The predicted molar refractivity (Wildman–Crippen MR) is 141 cm³/mol. The molecule has 33 heavy (non-hydrogen) atoms. The van der Waals surface area contributed by atoms with Crippen LogP contribution in [0, 0.1) is 10.7 Å². The molecular weight excluding hydrogens is 634 g/mol. The molecule has 2 nitrogen and oxygen atoms in total. The van der Waals surface area contributed by atoms with Gasteiger partial charge in [0.2, 0.25) is 0 Å². The Bertz CT molecular complexity index is 996. The molecule has 3 aromatic carbocycles. The van der Waals surface area contributed by atoms with Crippen LogP contribution < -0.4 is 26.3 Å². The minimum absolute atomic E-state index is 0.0703. The smallest absolute Gasteiger partial charge is 0.357 e. The van der Waals surface area contributed by atoms with Crippen molar-refractivity contribution in [1.29, 1.82) is 0 Å². The molecule has 0 aliphatic carbocycles. The Balaban J connectivity index is 0.000000273. The fourth-order valence-corrected chi connectivity index (χ4v) is 5.41. The maximum atomic E-state index is 10.0. The van der Waals surface area contributed by atoms with E-state index in [4.69, 9.17) is 0 Å². The fourth-order valence-electron chi connectivity index (χ4n) is 2.89. The third-order valence-corrected chi connectivity index (χ3v) is 8.32. The molecule has 0 aliphatic heterocycles. The summed E-state index contributed by atoms with van der Waals surface area (Å²) >= 11 is 2.12. The Hall–Kier alpha value is -1.67. The van der Waals surface area contributed by atoms with Gasteiger partial charge in [0.15, 0.2) is 7.14 Å². The second-order valence-electron chi connectivity index (χ2n) is 9.81. The quantitative estimate of drug-likeness (QED) is 0.317. The van der Waals surface area contributed by atoms with Crippen molar-refractivity contribution in [1.82, 2.24) is 0 Å². The van der Waals surface area contributed by atoms with Crippen LogP contribution in [0.4, 0.5) is 0 Å². The Labute approximate surface area is 222 Å². The molecule has 174 valence electrons. The summed E-state index contributed by atoms with van der Waals surface area (Å²) in [6.45, 7) is 13.6. The summed E-state index contributed by atoms with van der Waals surface area (Å²) < 4.78 is 4.11. The average molecular weight is 666 g/mol. The van der Waals surface area contributed by atoms with Crippen molar-refractivity contribution in [3.05, 3.63) is 106 Å². The van der Waals surface area contributed by atoms with E-state index in [1.54, 1.807) is 0 Å². The van der Waals surface area contributed by atoms with Gasteiger partial charge in [-0.15, -0.1) is 0 Å². The monoisotopic (exact) mass is 666 g/mol. The number of rotatable bonds is 4. The van der Waals surface area contributed by atoms with E-state index in [1.165, 1.54) is 24.3 Å². The number of halogens is 2. The van der Waals surface area contributed by atoms with E-state index in [-0.39, 0.29) is 32.0 Å². The molecular formula is C29H32I2O2. The number of aliphatic carboxylic acids is 1. The first-order valence-electron chi connectivity index (χ1n) is 10.8. The lowest BCUT2D eigenvalue weighted by atomic mass is 9.87. The predicted octanol–water partition coefficient (Wildman–Crippen LogP) is 3.46. The van der Waals surface area contributed by atoms with Crippen molar-refractivity contribution in [3.8, 4) is 0 Å². The summed E-state index contributed by atoms with van der Waals surface area (Å²) in [6.07, 6.45) is 2.52. The first kappa shape index (κ1) is 27.6. The zero-order valence-corrected chi connectivity index (χ0v) is 24.5. The van der Waals surface area contributed by atoms with Crippen molar-refractivity contribution in [2.24, 2.45) is 0 Å². The van der Waals surface area contributed by atoms with Crippen molar-refractivity contribution in [2.45, 2.75) is 52.4 Å². The van der Waals surface area contributed by atoms with Gasteiger partial charge >= 0.3 is 21.2 Å². The van der Waals surface area contributed by atoms with E-state index in [1.807, 2.05) is 24.3 Å². The number of carbonyl (C=O) groups is 1. The van der Waals surface area contributed by atoms with Crippen molar-refractivity contribution in [3.63, 3.8) is 0 Å². The molecule has 0 unspecified atom stereocenters. The standard InChI is InChI=1S/C20H26I.C9H7IO2/c1-19(2,3)15-7-11-17(12-8-15)21-18-13-9-16(10-14-18)20(4,5)6;10-8-4-1-7(2-5-8)3-6-9(11)12/h7-14H,1-6H3;1-6H,(H,11,12)/q+1;/p-1/b;6-3+. The third kappa shape index (κ3) is 10.0. The Morgan fingerprint density at radius 3 is 1.45 bits per heavy atom. The average Bonchev–Trinajstić information content (AvgIpc) is 2.73. The van der Waals surface area contributed by atoms with E-state index in [9.17, 15) is 9.90 Å². The second-order valence-corrected chi connectivity index (χ2v) is 14.1. The van der Waals surface area contributed by atoms with Crippen LogP contribution in [0.25, 0.3) is 6.08 Å². The molecule has 0 bridgehead atoms. The summed E-state index contributed by atoms with van der Waals surface area (Å²) in [5.74, 6) is -1.17. The van der Waals surface area contributed by atoms with Gasteiger partial charge in [-0.05, 0) is 92.6 Å². The third-order valence-electron chi connectivity index (χ3n) is 4.92. The van der Waals surface area contributed by atoms with E-state index in [0.717, 1.165) is 15.2 Å². The second kappa shape index (κ2) is 12.2. The van der Waals surface area contributed by atoms with E-state index < -0.39 is 5.97 Å². The lowest BCUT2D eigenvalue weighted by molar-refractivity contribution is -0.597. The van der Waals surface area contributed by atoms with Crippen LogP contribution in [-0.4, -0.2) is 5.97 Å². The first-order valence-corrected chi connectivity index (χ1v) is 14.1. The van der Waals surface area contributed by atoms with Crippen molar-refractivity contribution < 1.29 is 31.1 Å². The number of carboxylic acid groups (broad SMARTS) is 1. The van der Waals surface area contributed by atoms with Gasteiger partial charge in [-0.1, -0.05) is 84.0 Å². The summed E-state index contributed by atoms with van der Waals surface area (Å²) in [4.78, 5) is 10.0. The topological polar surface area (TPSA) is 40.1 Å². The Morgan fingerprint density at radius 2 is 1.12 bits per heavy atom. The molecule has 0 saturated heterocycles. The molecule has 4 heteroatoms. The van der Waals surface area contributed by atoms with Crippen LogP contribution in [0.2, 0.25) is 0 Å². The molecule has 0 atom stereocenters. The maximum Gasteiger partial charge on any atom is 0.357 e. The lowest BCUT2D eigenvalue weighted by Crippen LogP contribution is -3.61. The molecule has 3 rings (SSSR count). The van der Waals surface area contributed by atoms with Gasteiger partial charge in [-0.2, -0.15) is 0 Å². The van der Waals surface area contributed by atoms with Crippen LogP contribution in [0.5, 0.6) is 0 Å². The number of carboxylic acids is 1. The van der Waals surface area contributed by atoms with Crippen LogP contribution >= 0.6 is 22.6 Å². The maximum absolute atomic E-state index is 10.0. The molecule has 0 radical (unpaired) electrons. The Kier molecular flexibility index (Phi) is 10.2. The summed E-state index contributed by atoms with van der Waals surface area (Å²) in [7, 11) is 0. The number of carbonyl (C=O) groups excluding carboxylic acids is 1. The van der Waals surface area contributed by atoms with Gasteiger partial charge in [-0.25, -0.2) is 0 Å². The molecule has 3 aromatic rings. The van der Waals surface area contributed by atoms with Gasteiger partial charge in [0.1, 0.15) is 0 Å². The molecule has 0 fully saturated rings. The van der Waals surface area contributed by atoms with E-state index in [0.29, 0.717) is 0 Å².